The number of fused-ring (bicyclic) bond motifs is 2. The van der Waals surface area contributed by atoms with Crippen LogP contribution in [0.3, 0.4) is 0 Å². The third-order valence-electron chi connectivity index (χ3n) is 6.92. The molecule has 4 aromatic rings. The Morgan fingerprint density at radius 1 is 1.05 bits per heavy atom. The van der Waals surface area contributed by atoms with Gasteiger partial charge < -0.3 is 19.5 Å². The second kappa shape index (κ2) is 12.2. The Balaban J connectivity index is 0.00000336. The minimum absolute atomic E-state index is 0. The highest BCUT2D eigenvalue weighted by Gasteiger charge is 2.28. The van der Waals surface area contributed by atoms with Crippen molar-refractivity contribution in [1.29, 1.82) is 0 Å². The summed E-state index contributed by atoms with van der Waals surface area (Å²) in [5.41, 5.74) is 2.47. The number of benzene rings is 4. The van der Waals surface area contributed by atoms with Gasteiger partial charge in [-0.25, -0.2) is 9.18 Å². The van der Waals surface area contributed by atoms with Gasteiger partial charge in [-0.15, -0.1) is 12.4 Å². The largest absolute Gasteiger partial charge is 0.486 e. The Morgan fingerprint density at radius 2 is 1.82 bits per heavy atom. The predicted molar refractivity (Wildman–Crippen MR) is 151 cm³/mol. The van der Waals surface area contributed by atoms with Crippen molar-refractivity contribution in [2.45, 2.75) is 38.2 Å². The second-order valence-electron chi connectivity index (χ2n) is 9.51. The predicted octanol–water partition coefficient (Wildman–Crippen LogP) is 7.74. The van der Waals surface area contributed by atoms with Crippen molar-refractivity contribution in [3.05, 3.63) is 96.3 Å². The van der Waals surface area contributed by atoms with Crippen LogP contribution in [0.1, 0.15) is 37.7 Å². The molecule has 1 aliphatic rings. The van der Waals surface area contributed by atoms with Crippen LogP contribution in [-0.4, -0.2) is 30.3 Å². The standard InChI is InChI=1S/C31H30FNO4.ClH/c1-21(25-13-7-10-22-9-2-3-12-26(22)25)8-6-11-24-19-33(28-14-4-5-15-30(28)37-24)29-18-23(16-17-27(29)32)36-20-31(34)35;/h2-5,7,9-10,12-18,21,24H,6,8,11,19-20H2,1H3,(H,34,35);1H/t21-,24?;/m0./s1. The van der Waals surface area contributed by atoms with Crippen LogP contribution in [0.15, 0.2) is 84.9 Å². The number of carboxylic acids is 1. The third-order valence-corrected chi connectivity index (χ3v) is 6.92. The molecular formula is C31H31ClFNO4. The van der Waals surface area contributed by atoms with Crippen LogP contribution < -0.4 is 14.4 Å². The molecule has 38 heavy (non-hydrogen) atoms. The van der Waals surface area contributed by atoms with Crippen molar-refractivity contribution in [3.63, 3.8) is 0 Å². The van der Waals surface area contributed by atoms with E-state index in [0.717, 1.165) is 24.9 Å². The van der Waals surface area contributed by atoms with Gasteiger partial charge in [0.2, 0.25) is 0 Å². The van der Waals surface area contributed by atoms with E-state index in [1.54, 1.807) is 6.07 Å². The molecule has 1 aliphatic heterocycles. The number of aliphatic carboxylic acids is 1. The van der Waals surface area contributed by atoms with Gasteiger partial charge in [-0.05, 0) is 65.8 Å². The molecule has 5 nitrogen and oxygen atoms in total. The van der Waals surface area contributed by atoms with Crippen molar-refractivity contribution >= 4 is 40.5 Å². The van der Waals surface area contributed by atoms with Crippen LogP contribution >= 0.6 is 12.4 Å². The molecule has 0 aromatic heterocycles. The lowest BCUT2D eigenvalue weighted by molar-refractivity contribution is -0.139. The second-order valence-corrected chi connectivity index (χ2v) is 9.51. The summed E-state index contributed by atoms with van der Waals surface area (Å²) < 4.78 is 26.6. The number of ether oxygens (including phenoxy) is 2. The van der Waals surface area contributed by atoms with Gasteiger partial charge in [-0.2, -0.15) is 0 Å². The number of carboxylic acid groups (broad SMARTS) is 1. The molecule has 2 atom stereocenters. The van der Waals surface area contributed by atoms with Crippen LogP contribution in [0.25, 0.3) is 10.8 Å². The summed E-state index contributed by atoms with van der Waals surface area (Å²) in [4.78, 5) is 12.8. The molecule has 7 heteroatoms. The molecule has 0 amide bonds. The average Bonchev–Trinajstić information content (AvgIpc) is 2.91. The average molecular weight is 536 g/mol. The minimum atomic E-state index is -1.08. The highest BCUT2D eigenvalue weighted by molar-refractivity contribution is 5.86. The van der Waals surface area contributed by atoms with Gasteiger partial charge >= 0.3 is 5.97 Å². The number of rotatable bonds is 9. The Labute approximate surface area is 228 Å². The summed E-state index contributed by atoms with van der Waals surface area (Å²) in [6.45, 7) is 2.27. The first-order valence-electron chi connectivity index (χ1n) is 12.6. The van der Waals surface area contributed by atoms with Gasteiger partial charge in [0.1, 0.15) is 23.4 Å². The first-order chi connectivity index (χ1) is 18.0. The minimum Gasteiger partial charge on any atom is -0.486 e. The normalized spacial score (nSPS) is 15.2. The van der Waals surface area contributed by atoms with E-state index in [2.05, 4.69) is 49.4 Å². The molecule has 0 spiro atoms. The highest BCUT2D eigenvalue weighted by atomic mass is 35.5. The number of anilines is 2. The highest BCUT2D eigenvalue weighted by Crippen LogP contribution is 2.41. The quantitative estimate of drug-likeness (QED) is 0.237. The lowest BCUT2D eigenvalue weighted by atomic mass is 9.90. The van der Waals surface area contributed by atoms with Crippen LogP contribution in [0.4, 0.5) is 15.8 Å². The third kappa shape index (κ3) is 6.03. The van der Waals surface area contributed by atoms with Crippen LogP contribution in [0, 0.1) is 5.82 Å². The molecule has 0 saturated heterocycles. The molecule has 0 aliphatic carbocycles. The molecule has 0 fully saturated rings. The maximum absolute atomic E-state index is 15.0. The zero-order valence-corrected chi connectivity index (χ0v) is 22.0. The smallest absolute Gasteiger partial charge is 0.341 e. The number of para-hydroxylation sites is 2. The van der Waals surface area contributed by atoms with E-state index in [4.69, 9.17) is 14.6 Å². The van der Waals surface area contributed by atoms with E-state index in [0.29, 0.717) is 29.6 Å². The number of carbonyl (C=O) groups is 1. The molecule has 0 saturated carbocycles. The Morgan fingerprint density at radius 3 is 2.66 bits per heavy atom. The fourth-order valence-corrected chi connectivity index (χ4v) is 5.10. The molecule has 1 N–H and O–H groups in total. The summed E-state index contributed by atoms with van der Waals surface area (Å²) >= 11 is 0. The Bertz CT molecular complexity index is 1410. The molecule has 0 radical (unpaired) electrons. The summed E-state index contributed by atoms with van der Waals surface area (Å²) in [6, 6.07) is 26.9. The fraction of sp³-hybridized carbons (Fsp3) is 0.258. The van der Waals surface area contributed by atoms with Gasteiger partial charge in [0, 0.05) is 6.07 Å². The zero-order chi connectivity index (χ0) is 25.8. The van der Waals surface area contributed by atoms with Crippen molar-refractivity contribution in [3.8, 4) is 11.5 Å². The Hall–Kier alpha value is -3.77. The molecule has 5 rings (SSSR count). The molecule has 0 bridgehead atoms. The maximum atomic E-state index is 15.0. The summed E-state index contributed by atoms with van der Waals surface area (Å²) in [5.74, 6) is -0.0676. The Kier molecular flexibility index (Phi) is 8.74. The van der Waals surface area contributed by atoms with Gasteiger partial charge in [-0.3, -0.25) is 0 Å². The lowest BCUT2D eigenvalue weighted by Gasteiger charge is -2.36. The number of nitrogens with zero attached hydrogens (tertiary/aromatic N) is 1. The number of halogens is 2. The molecular weight excluding hydrogens is 505 g/mol. The van der Waals surface area contributed by atoms with E-state index in [9.17, 15) is 9.18 Å². The molecule has 1 unspecified atom stereocenters. The van der Waals surface area contributed by atoms with Gasteiger partial charge in [0.15, 0.2) is 6.61 Å². The van der Waals surface area contributed by atoms with Gasteiger partial charge in [-0.1, -0.05) is 61.5 Å². The molecule has 198 valence electrons. The first kappa shape index (κ1) is 27.3. The first-order valence-corrected chi connectivity index (χ1v) is 12.6. The fourth-order valence-electron chi connectivity index (χ4n) is 5.10. The summed E-state index contributed by atoms with van der Waals surface area (Å²) in [6.07, 6.45) is 2.70. The molecule has 1 heterocycles. The van der Waals surface area contributed by atoms with Crippen molar-refractivity contribution in [2.24, 2.45) is 0 Å². The van der Waals surface area contributed by atoms with E-state index < -0.39 is 18.4 Å². The van der Waals surface area contributed by atoms with Crippen molar-refractivity contribution in [2.75, 3.05) is 18.1 Å². The van der Waals surface area contributed by atoms with E-state index in [1.807, 2.05) is 29.2 Å². The topological polar surface area (TPSA) is 59.0 Å². The van der Waals surface area contributed by atoms with Crippen LogP contribution in [-0.2, 0) is 4.79 Å². The SMILES string of the molecule is C[C@@H](CCCC1CN(c2cc(OCC(=O)O)ccc2F)c2ccccc2O1)c1cccc2ccccc12.Cl. The summed E-state index contributed by atoms with van der Waals surface area (Å²) in [5, 5.41) is 11.5. The number of hydrogen-bond donors (Lipinski definition) is 1. The lowest BCUT2D eigenvalue weighted by Crippen LogP contribution is -2.37. The molecule has 4 aromatic carbocycles. The van der Waals surface area contributed by atoms with E-state index >= 15 is 0 Å². The van der Waals surface area contributed by atoms with Crippen LogP contribution in [0.2, 0.25) is 0 Å². The maximum Gasteiger partial charge on any atom is 0.341 e. The van der Waals surface area contributed by atoms with Crippen LogP contribution in [0.5, 0.6) is 11.5 Å². The number of hydrogen-bond acceptors (Lipinski definition) is 4. The van der Waals surface area contributed by atoms with Gasteiger partial charge in [0.25, 0.3) is 0 Å². The monoisotopic (exact) mass is 535 g/mol. The van der Waals surface area contributed by atoms with Crippen molar-refractivity contribution in [1.82, 2.24) is 0 Å². The van der Waals surface area contributed by atoms with Crippen molar-refractivity contribution < 1.29 is 23.8 Å². The summed E-state index contributed by atoms with van der Waals surface area (Å²) in [7, 11) is 0. The van der Waals surface area contributed by atoms with E-state index in [1.165, 1.54) is 28.5 Å². The van der Waals surface area contributed by atoms with Gasteiger partial charge in [0.05, 0.1) is 17.9 Å². The van der Waals surface area contributed by atoms with E-state index in [-0.39, 0.29) is 18.5 Å². The zero-order valence-electron chi connectivity index (χ0n) is 21.2.